The highest BCUT2D eigenvalue weighted by Gasteiger charge is 2.38. The Bertz CT molecular complexity index is 538. The molecule has 1 aromatic rings. The van der Waals surface area contributed by atoms with Gasteiger partial charge in [-0.3, -0.25) is 0 Å². The van der Waals surface area contributed by atoms with E-state index in [4.69, 9.17) is 14.2 Å². The molecule has 0 aliphatic carbocycles. The van der Waals surface area contributed by atoms with Gasteiger partial charge in [-0.1, -0.05) is 30.3 Å². The van der Waals surface area contributed by atoms with Crippen molar-refractivity contribution in [1.29, 1.82) is 0 Å². The Morgan fingerprint density at radius 2 is 2.17 bits per heavy atom. The van der Waals surface area contributed by atoms with Gasteiger partial charge in [-0.05, 0) is 12.5 Å². The van der Waals surface area contributed by atoms with Crippen molar-refractivity contribution < 1.29 is 34.0 Å². The number of ether oxygens (including phenoxy) is 3. The number of aliphatic hydroxyl groups is 2. The van der Waals surface area contributed by atoms with Crippen molar-refractivity contribution in [2.75, 3.05) is 6.61 Å². The highest BCUT2D eigenvalue weighted by atomic mass is 16.7. The van der Waals surface area contributed by atoms with Crippen LogP contribution in [-0.4, -0.2) is 59.8 Å². The van der Waals surface area contributed by atoms with Crippen LogP contribution in [0.2, 0.25) is 0 Å². The van der Waals surface area contributed by atoms with E-state index in [1.54, 1.807) is 31.2 Å². The second kappa shape index (κ2) is 8.74. The van der Waals surface area contributed by atoms with E-state index in [-0.39, 0.29) is 13.2 Å². The number of aliphatic hydroxyl groups excluding tert-OH is 2. The van der Waals surface area contributed by atoms with Crippen molar-refractivity contribution in [3.8, 4) is 0 Å². The summed E-state index contributed by atoms with van der Waals surface area (Å²) in [7, 11) is 0. The van der Waals surface area contributed by atoms with Gasteiger partial charge >= 0.3 is 6.09 Å². The summed E-state index contributed by atoms with van der Waals surface area (Å²) in [5.41, 5.74) is 0.785. The maximum absolute atomic E-state index is 11.8. The van der Waals surface area contributed by atoms with Crippen molar-refractivity contribution in [3.05, 3.63) is 35.9 Å². The van der Waals surface area contributed by atoms with Crippen LogP contribution in [0.25, 0.3) is 0 Å². The van der Waals surface area contributed by atoms with Crippen molar-refractivity contribution in [2.24, 2.45) is 0 Å². The molecule has 24 heavy (non-hydrogen) atoms. The number of carbonyl (C=O) groups excluding carboxylic acids is 2. The number of benzene rings is 1. The van der Waals surface area contributed by atoms with Crippen molar-refractivity contribution in [2.45, 2.75) is 44.2 Å². The van der Waals surface area contributed by atoms with E-state index in [2.05, 4.69) is 5.32 Å². The second-order valence-electron chi connectivity index (χ2n) is 5.43. The molecule has 0 bridgehead atoms. The summed E-state index contributed by atoms with van der Waals surface area (Å²) < 4.78 is 15.3. The fourth-order valence-electron chi connectivity index (χ4n) is 2.29. The molecule has 8 heteroatoms. The Kier molecular flexibility index (Phi) is 6.68. The Balaban J connectivity index is 1.88. The van der Waals surface area contributed by atoms with E-state index >= 15 is 0 Å². The van der Waals surface area contributed by atoms with Crippen LogP contribution in [0.1, 0.15) is 12.5 Å². The summed E-state index contributed by atoms with van der Waals surface area (Å²) in [5.74, 6) is 0. The number of hydrogen-bond donors (Lipinski definition) is 3. The molecular weight excluding hydrogens is 318 g/mol. The number of alkyl carbamates (subject to hydrolysis) is 1. The summed E-state index contributed by atoms with van der Waals surface area (Å²) in [6, 6.07) is 7.74. The zero-order valence-corrected chi connectivity index (χ0v) is 13.2. The lowest BCUT2D eigenvalue weighted by Crippen LogP contribution is -2.57. The topological polar surface area (TPSA) is 114 Å². The van der Waals surface area contributed by atoms with E-state index in [9.17, 15) is 19.8 Å². The van der Waals surface area contributed by atoms with Gasteiger partial charge < -0.3 is 34.5 Å². The summed E-state index contributed by atoms with van der Waals surface area (Å²) in [6.45, 7) is 1.60. The largest absolute Gasteiger partial charge is 0.445 e. The smallest absolute Gasteiger partial charge is 0.408 e. The Morgan fingerprint density at radius 1 is 1.46 bits per heavy atom. The normalized spacial score (nSPS) is 26.2. The van der Waals surface area contributed by atoms with Crippen LogP contribution in [0.3, 0.4) is 0 Å². The van der Waals surface area contributed by atoms with Gasteiger partial charge in [0, 0.05) is 0 Å². The number of hydrogen-bond acceptors (Lipinski definition) is 7. The summed E-state index contributed by atoms with van der Waals surface area (Å²) in [6.07, 6.45) is -4.73. The lowest BCUT2D eigenvalue weighted by atomic mass is 10.0. The maximum atomic E-state index is 11.8. The Hall–Kier alpha value is -2.00. The Morgan fingerprint density at radius 3 is 2.83 bits per heavy atom. The molecule has 1 fully saturated rings. The molecule has 1 aliphatic rings. The summed E-state index contributed by atoms with van der Waals surface area (Å²) in [5, 5.41) is 22.3. The molecule has 1 aliphatic heterocycles. The minimum Gasteiger partial charge on any atom is -0.445 e. The first-order valence-corrected chi connectivity index (χ1v) is 7.57. The summed E-state index contributed by atoms with van der Waals surface area (Å²) in [4.78, 5) is 23.0. The first-order valence-electron chi connectivity index (χ1n) is 7.57. The third-order valence-electron chi connectivity index (χ3n) is 3.58. The molecule has 132 valence electrons. The van der Waals surface area contributed by atoms with E-state index in [0.717, 1.165) is 5.56 Å². The molecule has 0 saturated carbocycles. The van der Waals surface area contributed by atoms with E-state index in [1.807, 2.05) is 6.07 Å². The van der Waals surface area contributed by atoms with Crippen molar-refractivity contribution >= 4 is 12.4 Å². The van der Waals surface area contributed by atoms with Gasteiger partial charge in [0.1, 0.15) is 37.2 Å². The van der Waals surface area contributed by atoms with Gasteiger partial charge in [-0.2, -0.15) is 0 Å². The quantitative estimate of drug-likeness (QED) is 0.623. The van der Waals surface area contributed by atoms with Crippen LogP contribution in [-0.2, 0) is 25.6 Å². The fourth-order valence-corrected chi connectivity index (χ4v) is 2.29. The maximum Gasteiger partial charge on any atom is 0.408 e. The van der Waals surface area contributed by atoms with E-state index in [0.29, 0.717) is 6.29 Å². The average Bonchev–Trinajstić information content (AvgIpc) is 2.60. The fraction of sp³-hybridized carbons (Fsp3) is 0.500. The zero-order chi connectivity index (χ0) is 17.5. The molecule has 0 radical (unpaired) electrons. The predicted octanol–water partition coefficient (Wildman–Crippen LogP) is -0.0365. The van der Waals surface area contributed by atoms with Gasteiger partial charge in [0.15, 0.2) is 6.29 Å². The van der Waals surface area contributed by atoms with Crippen molar-refractivity contribution in [1.82, 2.24) is 5.32 Å². The molecular formula is C16H21NO7. The monoisotopic (exact) mass is 339 g/mol. The number of rotatable bonds is 6. The third-order valence-corrected chi connectivity index (χ3v) is 3.58. The third kappa shape index (κ3) is 5.00. The number of amides is 1. The van der Waals surface area contributed by atoms with Crippen LogP contribution in [0.4, 0.5) is 4.79 Å². The molecule has 5 atom stereocenters. The van der Waals surface area contributed by atoms with Gasteiger partial charge in [0.05, 0.1) is 6.61 Å². The average molecular weight is 339 g/mol. The second-order valence-corrected chi connectivity index (χ2v) is 5.43. The van der Waals surface area contributed by atoms with Gasteiger partial charge in [-0.15, -0.1) is 0 Å². The molecule has 1 unspecified atom stereocenters. The van der Waals surface area contributed by atoms with Gasteiger partial charge in [-0.25, -0.2) is 4.79 Å². The molecule has 8 nitrogen and oxygen atoms in total. The van der Waals surface area contributed by atoms with Gasteiger partial charge in [0.25, 0.3) is 0 Å². The van der Waals surface area contributed by atoms with Crippen LogP contribution >= 0.6 is 0 Å². The van der Waals surface area contributed by atoms with Crippen molar-refractivity contribution in [3.63, 3.8) is 0 Å². The standard InChI is InChI=1S/C16H21NO7/c1-10-22-9-13(19)15(24-10)14(20)12(7-18)17-16(21)23-8-11-5-3-2-4-6-11/h2-7,10,12-15,19-20H,8-9H2,1H3,(H,17,21)/t10?,12-,13+,14+,15+/m0/s1. The summed E-state index contributed by atoms with van der Waals surface area (Å²) >= 11 is 0. The molecule has 3 N–H and O–H groups in total. The van der Waals surface area contributed by atoms with E-state index < -0.39 is 36.7 Å². The molecule has 0 spiro atoms. The first-order chi connectivity index (χ1) is 11.5. The van der Waals surface area contributed by atoms with Crippen LogP contribution in [0.5, 0.6) is 0 Å². The highest BCUT2D eigenvalue weighted by Crippen LogP contribution is 2.17. The molecule has 1 aromatic carbocycles. The van der Waals surface area contributed by atoms with Crippen LogP contribution in [0.15, 0.2) is 30.3 Å². The highest BCUT2D eigenvalue weighted by molar-refractivity contribution is 5.73. The minimum atomic E-state index is -1.44. The minimum absolute atomic E-state index is 0.0295. The molecule has 0 aromatic heterocycles. The number of carbonyl (C=O) groups is 2. The molecule has 1 heterocycles. The molecule has 1 amide bonds. The van der Waals surface area contributed by atoms with Crippen LogP contribution < -0.4 is 5.32 Å². The van der Waals surface area contributed by atoms with Crippen LogP contribution in [0, 0.1) is 0 Å². The lowest BCUT2D eigenvalue weighted by molar-refractivity contribution is -0.265. The molecule has 1 saturated heterocycles. The lowest BCUT2D eigenvalue weighted by Gasteiger charge is -2.36. The molecule has 2 rings (SSSR count). The Labute approximate surface area is 139 Å². The zero-order valence-electron chi connectivity index (χ0n) is 13.2. The van der Waals surface area contributed by atoms with E-state index in [1.165, 1.54) is 0 Å². The predicted molar refractivity (Wildman–Crippen MR) is 81.9 cm³/mol. The number of nitrogens with one attached hydrogen (secondary N) is 1. The van der Waals surface area contributed by atoms with Gasteiger partial charge in [0.2, 0.25) is 0 Å². The SMILES string of the molecule is CC1OC[C@@H](O)[C@H]([C@H](O)[C@H](C=O)NC(=O)OCc2ccccc2)O1. The first kappa shape index (κ1) is 18.3. The number of aldehydes is 1.